The predicted molar refractivity (Wildman–Crippen MR) is 69.8 cm³/mol. The van der Waals surface area contributed by atoms with Crippen LogP contribution in [0.4, 0.5) is 0 Å². The van der Waals surface area contributed by atoms with Crippen molar-refractivity contribution in [2.24, 2.45) is 5.41 Å². The zero-order chi connectivity index (χ0) is 11.6. The summed E-state index contributed by atoms with van der Waals surface area (Å²) in [5.41, 5.74) is 0.418. The summed E-state index contributed by atoms with van der Waals surface area (Å²) in [6, 6.07) is 0. The van der Waals surface area contributed by atoms with E-state index in [2.05, 4.69) is 20.8 Å². The van der Waals surface area contributed by atoms with E-state index < -0.39 is 9.84 Å². The fourth-order valence-electron chi connectivity index (χ4n) is 2.84. The van der Waals surface area contributed by atoms with Crippen LogP contribution in [0.5, 0.6) is 0 Å². The Morgan fingerprint density at radius 1 is 1.12 bits per heavy atom. The number of halogens is 1. The first-order valence-electron chi connectivity index (χ1n) is 6.04. The Balaban J connectivity index is 1.90. The van der Waals surface area contributed by atoms with Gasteiger partial charge in [-0.05, 0) is 18.3 Å². The first kappa shape index (κ1) is 12.8. The van der Waals surface area contributed by atoms with Gasteiger partial charge in [-0.25, -0.2) is 8.42 Å². The quantitative estimate of drug-likeness (QED) is 0.744. The Hall–Kier alpha value is 0.390. The van der Waals surface area contributed by atoms with E-state index in [1.165, 1.54) is 25.7 Å². The molecule has 0 aromatic carbocycles. The number of alkyl halides is 1. The molecule has 0 spiro atoms. The van der Waals surface area contributed by atoms with E-state index in [1.54, 1.807) is 0 Å². The maximum atomic E-state index is 11.3. The number of sulfone groups is 1. The molecule has 1 saturated heterocycles. The van der Waals surface area contributed by atoms with Crippen molar-refractivity contribution >= 4 is 25.8 Å². The van der Waals surface area contributed by atoms with Crippen molar-refractivity contribution in [2.75, 3.05) is 36.5 Å². The van der Waals surface area contributed by atoms with Gasteiger partial charge < -0.3 is 4.90 Å². The average Bonchev–Trinajstić information content (AvgIpc) is 2.71. The standard InChI is InChI=1S/C11H20BrNO2S/c12-9-11(3-1-2-4-11)10-13-5-7-16(14,15)8-6-13/h1-10H2. The minimum Gasteiger partial charge on any atom is -0.301 e. The molecular formula is C11H20BrNO2S. The van der Waals surface area contributed by atoms with Crippen LogP contribution in [0, 0.1) is 5.41 Å². The molecule has 1 saturated carbocycles. The van der Waals surface area contributed by atoms with Crippen LogP contribution in [0.25, 0.3) is 0 Å². The average molecular weight is 310 g/mol. The van der Waals surface area contributed by atoms with Crippen LogP contribution in [0.15, 0.2) is 0 Å². The minimum absolute atomic E-state index is 0.353. The van der Waals surface area contributed by atoms with Gasteiger partial charge in [-0.15, -0.1) is 0 Å². The van der Waals surface area contributed by atoms with E-state index in [9.17, 15) is 8.42 Å². The van der Waals surface area contributed by atoms with E-state index in [0.29, 0.717) is 16.9 Å². The lowest BCUT2D eigenvalue weighted by molar-refractivity contribution is 0.183. The third-order valence-corrected chi connectivity index (χ3v) is 6.74. The summed E-state index contributed by atoms with van der Waals surface area (Å²) in [5, 5.41) is 1.06. The molecule has 3 nitrogen and oxygen atoms in total. The molecule has 0 amide bonds. The van der Waals surface area contributed by atoms with Gasteiger partial charge in [0.05, 0.1) is 11.5 Å². The molecule has 1 aliphatic heterocycles. The smallest absolute Gasteiger partial charge is 0.152 e. The van der Waals surface area contributed by atoms with Crippen molar-refractivity contribution in [3.05, 3.63) is 0 Å². The number of nitrogens with zero attached hydrogens (tertiary/aromatic N) is 1. The fraction of sp³-hybridized carbons (Fsp3) is 1.00. The van der Waals surface area contributed by atoms with Crippen molar-refractivity contribution in [2.45, 2.75) is 25.7 Å². The molecule has 2 aliphatic rings. The summed E-state index contributed by atoms with van der Waals surface area (Å²) < 4.78 is 22.7. The van der Waals surface area contributed by atoms with Crippen LogP contribution in [0.3, 0.4) is 0 Å². The third-order valence-electron chi connectivity index (χ3n) is 3.94. The van der Waals surface area contributed by atoms with Gasteiger partial charge in [0.2, 0.25) is 0 Å². The molecule has 0 aromatic rings. The normalized spacial score (nSPS) is 29.3. The van der Waals surface area contributed by atoms with E-state index in [-0.39, 0.29) is 0 Å². The Kier molecular flexibility index (Phi) is 3.97. The third kappa shape index (κ3) is 2.99. The van der Waals surface area contributed by atoms with Crippen molar-refractivity contribution in [3.8, 4) is 0 Å². The number of rotatable bonds is 3. The lowest BCUT2D eigenvalue weighted by Gasteiger charge is -2.36. The van der Waals surface area contributed by atoms with Crippen LogP contribution >= 0.6 is 15.9 Å². The predicted octanol–water partition coefficient (Wildman–Crippen LogP) is 1.67. The second-order valence-corrected chi connectivity index (χ2v) is 8.13. The van der Waals surface area contributed by atoms with E-state index in [4.69, 9.17) is 0 Å². The van der Waals surface area contributed by atoms with Gasteiger partial charge in [0.15, 0.2) is 9.84 Å². The lowest BCUT2D eigenvalue weighted by Crippen LogP contribution is -2.45. The van der Waals surface area contributed by atoms with Crippen LogP contribution in [-0.2, 0) is 9.84 Å². The number of hydrogen-bond acceptors (Lipinski definition) is 3. The van der Waals surface area contributed by atoms with Gasteiger partial charge in [-0.1, -0.05) is 28.8 Å². The summed E-state index contributed by atoms with van der Waals surface area (Å²) in [5.74, 6) is 0.705. The summed E-state index contributed by atoms with van der Waals surface area (Å²) in [6.07, 6.45) is 5.25. The first-order chi connectivity index (χ1) is 7.55. The number of hydrogen-bond donors (Lipinski definition) is 0. The molecule has 1 heterocycles. The van der Waals surface area contributed by atoms with E-state index in [0.717, 1.165) is 25.0 Å². The topological polar surface area (TPSA) is 37.4 Å². The highest BCUT2D eigenvalue weighted by Gasteiger charge is 2.35. The molecule has 0 radical (unpaired) electrons. The molecule has 0 bridgehead atoms. The monoisotopic (exact) mass is 309 g/mol. The van der Waals surface area contributed by atoms with Crippen molar-refractivity contribution in [1.82, 2.24) is 4.90 Å². The molecule has 0 aromatic heterocycles. The zero-order valence-electron chi connectivity index (χ0n) is 9.62. The van der Waals surface area contributed by atoms with Gasteiger partial charge in [0, 0.05) is 25.0 Å². The Morgan fingerprint density at radius 3 is 2.19 bits per heavy atom. The van der Waals surface area contributed by atoms with Crippen LogP contribution in [0.1, 0.15) is 25.7 Å². The Labute approximate surface area is 107 Å². The Morgan fingerprint density at radius 2 is 1.69 bits per heavy atom. The summed E-state index contributed by atoms with van der Waals surface area (Å²) in [7, 11) is -2.73. The van der Waals surface area contributed by atoms with Crippen LogP contribution < -0.4 is 0 Å². The minimum atomic E-state index is -2.73. The highest BCUT2D eigenvalue weighted by atomic mass is 79.9. The van der Waals surface area contributed by atoms with Gasteiger partial charge in [0.25, 0.3) is 0 Å². The molecular weight excluding hydrogens is 290 g/mol. The molecule has 0 atom stereocenters. The Bertz CT molecular complexity index is 322. The molecule has 16 heavy (non-hydrogen) atoms. The molecule has 0 unspecified atom stereocenters. The van der Waals surface area contributed by atoms with E-state index >= 15 is 0 Å². The van der Waals surface area contributed by atoms with Gasteiger partial charge >= 0.3 is 0 Å². The summed E-state index contributed by atoms with van der Waals surface area (Å²) in [4.78, 5) is 2.34. The summed E-state index contributed by atoms with van der Waals surface area (Å²) in [6.45, 7) is 2.54. The molecule has 2 rings (SSSR count). The van der Waals surface area contributed by atoms with Gasteiger partial charge in [-0.3, -0.25) is 0 Å². The zero-order valence-corrected chi connectivity index (χ0v) is 12.0. The highest BCUT2D eigenvalue weighted by molar-refractivity contribution is 9.09. The maximum Gasteiger partial charge on any atom is 0.152 e. The second-order valence-electron chi connectivity index (χ2n) is 5.27. The lowest BCUT2D eigenvalue weighted by atomic mass is 9.88. The molecule has 2 fully saturated rings. The first-order valence-corrected chi connectivity index (χ1v) is 8.98. The largest absolute Gasteiger partial charge is 0.301 e. The second kappa shape index (κ2) is 4.94. The fourth-order valence-corrected chi connectivity index (χ4v) is 4.86. The summed E-state index contributed by atoms with van der Waals surface area (Å²) >= 11 is 3.64. The highest BCUT2D eigenvalue weighted by Crippen LogP contribution is 2.40. The van der Waals surface area contributed by atoms with Gasteiger partial charge in [0.1, 0.15) is 0 Å². The molecule has 1 aliphatic carbocycles. The SMILES string of the molecule is O=S1(=O)CCN(CC2(CBr)CCCC2)CC1. The molecule has 94 valence electrons. The molecule has 0 N–H and O–H groups in total. The van der Waals surface area contributed by atoms with Gasteiger partial charge in [-0.2, -0.15) is 0 Å². The van der Waals surface area contributed by atoms with Crippen molar-refractivity contribution in [3.63, 3.8) is 0 Å². The molecule has 5 heteroatoms. The van der Waals surface area contributed by atoms with Crippen molar-refractivity contribution < 1.29 is 8.42 Å². The van der Waals surface area contributed by atoms with E-state index in [1.807, 2.05) is 0 Å². The van der Waals surface area contributed by atoms with Crippen molar-refractivity contribution in [1.29, 1.82) is 0 Å². The van der Waals surface area contributed by atoms with Crippen LogP contribution in [0.2, 0.25) is 0 Å². The van der Waals surface area contributed by atoms with Crippen LogP contribution in [-0.4, -0.2) is 49.8 Å². The maximum absolute atomic E-state index is 11.3.